The molecule has 0 saturated heterocycles. The van der Waals surface area contributed by atoms with Crippen molar-refractivity contribution in [1.82, 2.24) is 4.98 Å². The molecule has 0 bridgehead atoms. The van der Waals surface area contributed by atoms with Crippen LogP contribution in [0.1, 0.15) is 49.6 Å². The summed E-state index contributed by atoms with van der Waals surface area (Å²) in [6.45, 7) is 9.76. The molecule has 0 fully saturated rings. The highest BCUT2D eigenvalue weighted by Gasteiger charge is 2.18. The lowest BCUT2D eigenvalue weighted by Gasteiger charge is -2.19. The predicted octanol–water partition coefficient (Wildman–Crippen LogP) is 5.78. The molecular formula is C21H28N2S. The monoisotopic (exact) mass is 340 g/mol. The lowest BCUT2D eigenvalue weighted by molar-refractivity contribution is 0.591. The predicted molar refractivity (Wildman–Crippen MR) is 107 cm³/mol. The van der Waals surface area contributed by atoms with Crippen LogP contribution in [-0.4, -0.2) is 11.5 Å². The van der Waals surface area contributed by atoms with Crippen molar-refractivity contribution in [2.24, 2.45) is 5.73 Å². The van der Waals surface area contributed by atoms with E-state index in [2.05, 4.69) is 63.0 Å². The van der Waals surface area contributed by atoms with Crippen LogP contribution in [0.3, 0.4) is 0 Å². The van der Waals surface area contributed by atoms with E-state index in [0.29, 0.717) is 0 Å². The molecule has 0 aliphatic rings. The van der Waals surface area contributed by atoms with E-state index in [4.69, 9.17) is 5.73 Å². The second-order valence-corrected chi connectivity index (χ2v) is 8.93. The van der Waals surface area contributed by atoms with Crippen LogP contribution in [0.5, 0.6) is 0 Å². The van der Waals surface area contributed by atoms with Crippen molar-refractivity contribution >= 4 is 22.2 Å². The van der Waals surface area contributed by atoms with Crippen LogP contribution in [0.2, 0.25) is 0 Å². The fourth-order valence-corrected chi connectivity index (χ4v) is 4.09. The Hall–Kier alpha value is -1.58. The lowest BCUT2D eigenvalue weighted by Crippen LogP contribution is -2.10. The normalized spacial score (nSPS) is 12.2. The minimum absolute atomic E-state index is 0.166. The number of nitrogens with two attached hydrogens (primary N) is 1. The summed E-state index contributed by atoms with van der Waals surface area (Å²) in [5.41, 5.74) is 11.3. The van der Waals surface area contributed by atoms with Crippen molar-refractivity contribution in [2.45, 2.75) is 52.4 Å². The number of aromatic amines is 1. The number of rotatable bonds is 5. The first-order chi connectivity index (χ1) is 11.4. The van der Waals surface area contributed by atoms with Crippen LogP contribution in [0.4, 0.5) is 0 Å². The number of aryl methyl sites for hydroxylation is 2. The summed E-state index contributed by atoms with van der Waals surface area (Å²) in [4.78, 5) is 6.37. The quantitative estimate of drug-likeness (QED) is 0.568. The Morgan fingerprint density at radius 1 is 1.08 bits per heavy atom. The third-order valence-electron chi connectivity index (χ3n) is 4.64. The Balaban J connectivity index is 2.14. The average molecular weight is 341 g/mol. The molecule has 0 aliphatic heterocycles. The third-order valence-corrected chi connectivity index (χ3v) is 5.66. The van der Waals surface area contributed by atoms with Crippen molar-refractivity contribution in [3.8, 4) is 10.6 Å². The molecule has 128 valence electrons. The van der Waals surface area contributed by atoms with Gasteiger partial charge in [0.05, 0.1) is 10.6 Å². The van der Waals surface area contributed by atoms with E-state index in [0.717, 1.165) is 25.8 Å². The number of benzene rings is 1. The first kappa shape index (κ1) is 17.2. The summed E-state index contributed by atoms with van der Waals surface area (Å²) in [6.07, 6.45) is 3.30. The number of hydrogen-bond donors (Lipinski definition) is 2. The second kappa shape index (κ2) is 6.73. The summed E-state index contributed by atoms with van der Waals surface area (Å²) in [5.74, 6) is 0. The molecule has 1 aromatic carbocycles. The zero-order chi connectivity index (χ0) is 17.3. The summed E-state index contributed by atoms with van der Waals surface area (Å²) in [6, 6.07) is 11.3. The van der Waals surface area contributed by atoms with E-state index in [9.17, 15) is 0 Å². The zero-order valence-corrected chi connectivity index (χ0v) is 16.0. The smallest absolute Gasteiger partial charge is 0.0598 e. The SMILES string of the molecule is Cc1ccc(-c2[nH]c3ccc(C(C)(C)C)cc3c2CCCCN)s1. The molecular weight excluding hydrogens is 312 g/mol. The largest absolute Gasteiger partial charge is 0.354 e. The van der Waals surface area contributed by atoms with Gasteiger partial charge >= 0.3 is 0 Å². The van der Waals surface area contributed by atoms with Gasteiger partial charge in [0, 0.05) is 15.8 Å². The van der Waals surface area contributed by atoms with Crippen LogP contribution in [0, 0.1) is 6.92 Å². The van der Waals surface area contributed by atoms with Gasteiger partial charge in [-0.15, -0.1) is 11.3 Å². The average Bonchev–Trinajstić information content (AvgIpc) is 3.10. The van der Waals surface area contributed by atoms with Gasteiger partial charge in [0.2, 0.25) is 0 Å². The Morgan fingerprint density at radius 2 is 1.88 bits per heavy atom. The molecule has 3 heteroatoms. The Morgan fingerprint density at radius 3 is 2.50 bits per heavy atom. The van der Waals surface area contributed by atoms with E-state index in [1.807, 2.05) is 11.3 Å². The molecule has 0 atom stereocenters. The van der Waals surface area contributed by atoms with Crippen molar-refractivity contribution in [2.75, 3.05) is 6.54 Å². The van der Waals surface area contributed by atoms with Gasteiger partial charge < -0.3 is 10.7 Å². The second-order valence-electron chi connectivity index (χ2n) is 7.64. The molecule has 2 heterocycles. The molecule has 0 amide bonds. The molecule has 2 nitrogen and oxygen atoms in total. The molecule has 3 aromatic rings. The Kier molecular flexibility index (Phi) is 4.84. The van der Waals surface area contributed by atoms with Crippen LogP contribution in [0.25, 0.3) is 21.5 Å². The number of fused-ring (bicyclic) bond motifs is 1. The summed E-state index contributed by atoms with van der Waals surface area (Å²) >= 11 is 1.86. The van der Waals surface area contributed by atoms with Gasteiger partial charge in [-0.25, -0.2) is 0 Å². The molecule has 3 rings (SSSR count). The molecule has 0 spiro atoms. The summed E-state index contributed by atoms with van der Waals surface area (Å²) in [5, 5.41) is 1.38. The van der Waals surface area contributed by atoms with Crippen LogP contribution in [0.15, 0.2) is 30.3 Å². The van der Waals surface area contributed by atoms with Crippen molar-refractivity contribution < 1.29 is 0 Å². The highest BCUT2D eigenvalue weighted by molar-refractivity contribution is 7.15. The summed E-state index contributed by atoms with van der Waals surface area (Å²) in [7, 11) is 0. The van der Waals surface area contributed by atoms with Crippen molar-refractivity contribution in [1.29, 1.82) is 0 Å². The van der Waals surface area contributed by atoms with E-state index >= 15 is 0 Å². The minimum Gasteiger partial charge on any atom is -0.354 e. The van der Waals surface area contributed by atoms with Crippen LogP contribution >= 0.6 is 11.3 Å². The first-order valence-corrected chi connectivity index (χ1v) is 9.64. The molecule has 2 aromatic heterocycles. The lowest BCUT2D eigenvalue weighted by atomic mass is 9.86. The highest BCUT2D eigenvalue weighted by atomic mass is 32.1. The number of hydrogen-bond acceptors (Lipinski definition) is 2. The maximum Gasteiger partial charge on any atom is 0.0598 e. The fourth-order valence-electron chi connectivity index (χ4n) is 3.20. The topological polar surface area (TPSA) is 41.8 Å². The molecule has 0 saturated carbocycles. The van der Waals surface area contributed by atoms with Gasteiger partial charge in [-0.1, -0.05) is 26.8 Å². The van der Waals surface area contributed by atoms with E-state index in [1.165, 1.54) is 37.5 Å². The zero-order valence-electron chi connectivity index (χ0n) is 15.2. The van der Waals surface area contributed by atoms with Gasteiger partial charge in [-0.2, -0.15) is 0 Å². The minimum atomic E-state index is 0.166. The van der Waals surface area contributed by atoms with Gasteiger partial charge in [0.25, 0.3) is 0 Å². The van der Waals surface area contributed by atoms with E-state index in [-0.39, 0.29) is 5.41 Å². The standard InChI is InChI=1S/C21H28N2S/c1-14-8-11-19(24-14)20-16(7-5-6-12-22)17-13-15(21(2,3)4)9-10-18(17)23-20/h8-11,13,23H,5-7,12,22H2,1-4H3. The number of thiophene rings is 1. The number of H-pyrrole nitrogens is 1. The van der Waals surface area contributed by atoms with Gasteiger partial charge in [-0.05, 0) is 73.5 Å². The Labute approximate surface area is 149 Å². The molecule has 0 aliphatic carbocycles. The van der Waals surface area contributed by atoms with Gasteiger partial charge in [0.15, 0.2) is 0 Å². The molecule has 0 radical (unpaired) electrons. The van der Waals surface area contributed by atoms with Crippen molar-refractivity contribution in [3.05, 3.63) is 46.3 Å². The van der Waals surface area contributed by atoms with Gasteiger partial charge in [0.1, 0.15) is 0 Å². The van der Waals surface area contributed by atoms with Gasteiger partial charge in [-0.3, -0.25) is 0 Å². The maximum absolute atomic E-state index is 5.71. The first-order valence-electron chi connectivity index (χ1n) is 8.82. The fraction of sp³-hybridized carbons (Fsp3) is 0.429. The maximum atomic E-state index is 5.71. The van der Waals surface area contributed by atoms with Crippen LogP contribution < -0.4 is 5.73 Å². The van der Waals surface area contributed by atoms with E-state index < -0.39 is 0 Å². The number of unbranched alkanes of at least 4 members (excludes halogenated alkanes) is 1. The van der Waals surface area contributed by atoms with Crippen LogP contribution in [-0.2, 0) is 11.8 Å². The molecule has 24 heavy (non-hydrogen) atoms. The Bertz CT molecular complexity index is 833. The van der Waals surface area contributed by atoms with E-state index in [1.54, 1.807) is 0 Å². The number of nitrogens with one attached hydrogen (secondary N) is 1. The summed E-state index contributed by atoms with van der Waals surface area (Å²) < 4.78 is 0. The third kappa shape index (κ3) is 3.42. The highest BCUT2D eigenvalue weighted by Crippen LogP contribution is 2.37. The van der Waals surface area contributed by atoms with Crippen molar-refractivity contribution in [3.63, 3.8) is 0 Å². The number of aromatic nitrogens is 1. The molecule has 0 unspecified atom stereocenters. The molecule has 3 N–H and O–H groups in total.